The molecule has 1 aromatic heterocycles. The quantitative estimate of drug-likeness (QED) is 0.637. The van der Waals surface area contributed by atoms with Crippen molar-refractivity contribution in [2.75, 3.05) is 5.73 Å². The Morgan fingerprint density at radius 2 is 2.33 bits per heavy atom. The standard InChI is InChI=1S/C9H9N5O/c1-5-9-11-12-13-14(9)7-4-6(10)2-3-8(7)15-5/h2-5H,10H2,1H3. The van der Waals surface area contributed by atoms with E-state index in [1.54, 1.807) is 16.8 Å². The average molecular weight is 203 g/mol. The number of fused-ring (bicyclic) bond motifs is 3. The van der Waals surface area contributed by atoms with Gasteiger partial charge in [0.2, 0.25) is 0 Å². The molecule has 1 aliphatic heterocycles. The van der Waals surface area contributed by atoms with Gasteiger partial charge in [0.05, 0.1) is 0 Å². The lowest BCUT2D eigenvalue weighted by Gasteiger charge is -2.22. The first-order valence-corrected chi connectivity index (χ1v) is 4.60. The summed E-state index contributed by atoms with van der Waals surface area (Å²) in [6.45, 7) is 1.90. The van der Waals surface area contributed by atoms with E-state index in [4.69, 9.17) is 10.5 Å². The number of hydrogen-bond donors (Lipinski definition) is 1. The van der Waals surface area contributed by atoms with Crippen LogP contribution in [0.4, 0.5) is 5.69 Å². The molecule has 2 heterocycles. The van der Waals surface area contributed by atoms with Crippen LogP contribution in [0.1, 0.15) is 18.9 Å². The zero-order chi connectivity index (χ0) is 10.4. The summed E-state index contributed by atoms with van der Waals surface area (Å²) in [5.74, 6) is 1.43. The molecule has 1 aliphatic rings. The Morgan fingerprint density at radius 1 is 1.47 bits per heavy atom. The summed E-state index contributed by atoms with van der Waals surface area (Å²) in [5, 5.41) is 11.4. The highest BCUT2D eigenvalue weighted by molar-refractivity contribution is 5.57. The zero-order valence-electron chi connectivity index (χ0n) is 8.08. The molecular formula is C9H9N5O. The topological polar surface area (TPSA) is 78.9 Å². The minimum atomic E-state index is -0.142. The van der Waals surface area contributed by atoms with Crippen molar-refractivity contribution in [3.05, 3.63) is 24.0 Å². The Kier molecular flexibility index (Phi) is 1.47. The molecule has 0 aliphatic carbocycles. The Balaban J connectivity index is 2.28. The van der Waals surface area contributed by atoms with Crippen LogP contribution in [-0.2, 0) is 0 Å². The maximum atomic E-state index is 5.70. The third-order valence-electron chi connectivity index (χ3n) is 2.37. The molecule has 0 amide bonds. The first-order chi connectivity index (χ1) is 7.25. The molecule has 15 heavy (non-hydrogen) atoms. The molecule has 1 aromatic carbocycles. The van der Waals surface area contributed by atoms with E-state index >= 15 is 0 Å². The van der Waals surface area contributed by atoms with Gasteiger partial charge >= 0.3 is 0 Å². The van der Waals surface area contributed by atoms with Crippen LogP contribution < -0.4 is 10.5 Å². The summed E-state index contributed by atoms with van der Waals surface area (Å²) in [6, 6.07) is 5.41. The predicted octanol–water partition coefficient (Wildman–Crippen LogP) is 0.698. The fraction of sp³-hybridized carbons (Fsp3) is 0.222. The number of nitrogen functional groups attached to an aromatic ring is 1. The van der Waals surface area contributed by atoms with Gasteiger partial charge in [0.1, 0.15) is 11.4 Å². The minimum absolute atomic E-state index is 0.142. The first-order valence-electron chi connectivity index (χ1n) is 4.60. The fourth-order valence-corrected chi connectivity index (χ4v) is 1.66. The van der Waals surface area contributed by atoms with Crippen LogP contribution in [0.2, 0.25) is 0 Å². The summed E-state index contributed by atoms with van der Waals surface area (Å²) < 4.78 is 7.31. The van der Waals surface area contributed by atoms with E-state index in [2.05, 4.69) is 15.5 Å². The lowest BCUT2D eigenvalue weighted by molar-refractivity contribution is 0.200. The number of anilines is 1. The van der Waals surface area contributed by atoms with Crippen LogP contribution in [0.25, 0.3) is 5.69 Å². The lowest BCUT2D eigenvalue weighted by atomic mass is 10.2. The summed E-state index contributed by atoms with van der Waals surface area (Å²) in [5.41, 5.74) is 7.15. The Labute approximate surface area is 85.6 Å². The first kappa shape index (κ1) is 8.22. The van der Waals surface area contributed by atoms with Crippen LogP contribution in [0.15, 0.2) is 18.2 Å². The largest absolute Gasteiger partial charge is 0.480 e. The second kappa shape index (κ2) is 2.69. The van der Waals surface area contributed by atoms with E-state index in [0.717, 1.165) is 11.4 Å². The smallest absolute Gasteiger partial charge is 0.196 e. The molecule has 1 atom stereocenters. The normalized spacial score (nSPS) is 17.8. The van der Waals surface area contributed by atoms with Crippen molar-refractivity contribution < 1.29 is 4.74 Å². The zero-order valence-corrected chi connectivity index (χ0v) is 8.08. The predicted molar refractivity (Wildman–Crippen MR) is 52.6 cm³/mol. The average Bonchev–Trinajstić information content (AvgIpc) is 2.69. The number of nitrogens with zero attached hydrogens (tertiary/aromatic N) is 4. The number of rotatable bonds is 0. The van der Waals surface area contributed by atoms with Crippen molar-refractivity contribution in [2.45, 2.75) is 13.0 Å². The Morgan fingerprint density at radius 3 is 3.20 bits per heavy atom. The maximum absolute atomic E-state index is 5.70. The van der Waals surface area contributed by atoms with Gasteiger partial charge in [-0.15, -0.1) is 5.10 Å². The molecular weight excluding hydrogens is 194 g/mol. The van der Waals surface area contributed by atoms with Gasteiger partial charge in [0.15, 0.2) is 11.9 Å². The number of aromatic nitrogens is 4. The molecule has 0 fully saturated rings. The number of tetrazole rings is 1. The van der Waals surface area contributed by atoms with Crippen molar-refractivity contribution in [2.24, 2.45) is 0 Å². The SMILES string of the molecule is CC1Oc2ccc(N)cc2-n2nnnc21. The number of ether oxygens (including phenoxy) is 1. The van der Waals surface area contributed by atoms with Crippen molar-refractivity contribution in [3.8, 4) is 11.4 Å². The van der Waals surface area contributed by atoms with Gasteiger partial charge in [-0.1, -0.05) is 0 Å². The third kappa shape index (κ3) is 1.08. The minimum Gasteiger partial charge on any atom is -0.480 e. The van der Waals surface area contributed by atoms with Crippen molar-refractivity contribution >= 4 is 5.69 Å². The van der Waals surface area contributed by atoms with Gasteiger partial charge in [-0.25, -0.2) is 0 Å². The molecule has 76 valence electrons. The lowest BCUT2D eigenvalue weighted by Crippen LogP contribution is -2.18. The van der Waals surface area contributed by atoms with E-state index in [1.165, 1.54) is 0 Å². The highest BCUT2D eigenvalue weighted by Crippen LogP contribution is 2.34. The highest BCUT2D eigenvalue weighted by atomic mass is 16.5. The van der Waals surface area contributed by atoms with E-state index in [-0.39, 0.29) is 6.10 Å². The second-order valence-corrected chi connectivity index (χ2v) is 3.44. The molecule has 6 nitrogen and oxygen atoms in total. The number of benzene rings is 1. The van der Waals surface area contributed by atoms with Crippen molar-refractivity contribution in [1.29, 1.82) is 0 Å². The Hall–Kier alpha value is -2.11. The molecule has 1 unspecified atom stereocenters. The summed E-state index contributed by atoms with van der Waals surface area (Å²) in [6.07, 6.45) is -0.142. The third-order valence-corrected chi connectivity index (χ3v) is 2.37. The van der Waals surface area contributed by atoms with Crippen molar-refractivity contribution in [1.82, 2.24) is 20.2 Å². The molecule has 2 aromatic rings. The molecule has 0 radical (unpaired) electrons. The molecule has 0 saturated heterocycles. The van der Waals surface area contributed by atoms with Gasteiger partial charge in [-0.2, -0.15) is 4.68 Å². The fourth-order valence-electron chi connectivity index (χ4n) is 1.66. The monoisotopic (exact) mass is 203 g/mol. The van der Waals surface area contributed by atoms with E-state index in [0.29, 0.717) is 11.5 Å². The van der Waals surface area contributed by atoms with Gasteiger partial charge in [0.25, 0.3) is 0 Å². The van der Waals surface area contributed by atoms with Gasteiger partial charge < -0.3 is 10.5 Å². The number of nitrogens with two attached hydrogens (primary N) is 1. The van der Waals surface area contributed by atoms with Crippen LogP contribution in [0.5, 0.6) is 5.75 Å². The molecule has 0 spiro atoms. The maximum Gasteiger partial charge on any atom is 0.196 e. The summed E-state index contributed by atoms with van der Waals surface area (Å²) >= 11 is 0. The van der Waals surface area contributed by atoms with Crippen LogP contribution in [0.3, 0.4) is 0 Å². The van der Waals surface area contributed by atoms with Crippen LogP contribution >= 0.6 is 0 Å². The van der Waals surface area contributed by atoms with Gasteiger partial charge in [-0.05, 0) is 35.5 Å². The summed E-state index contributed by atoms with van der Waals surface area (Å²) in [7, 11) is 0. The van der Waals surface area contributed by atoms with Crippen molar-refractivity contribution in [3.63, 3.8) is 0 Å². The van der Waals surface area contributed by atoms with Crippen LogP contribution in [0, 0.1) is 0 Å². The highest BCUT2D eigenvalue weighted by Gasteiger charge is 2.25. The molecule has 0 bridgehead atoms. The van der Waals surface area contributed by atoms with Gasteiger partial charge in [0, 0.05) is 5.69 Å². The van der Waals surface area contributed by atoms with E-state index in [9.17, 15) is 0 Å². The summed E-state index contributed by atoms with van der Waals surface area (Å²) in [4.78, 5) is 0. The molecule has 6 heteroatoms. The van der Waals surface area contributed by atoms with Gasteiger partial charge in [-0.3, -0.25) is 0 Å². The van der Waals surface area contributed by atoms with Crippen LogP contribution in [-0.4, -0.2) is 20.2 Å². The molecule has 2 N–H and O–H groups in total. The second-order valence-electron chi connectivity index (χ2n) is 3.44. The molecule has 0 saturated carbocycles. The molecule has 3 rings (SSSR count). The Bertz CT molecular complexity index is 521. The van der Waals surface area contributed by atoms with E-state index < -0.39 is 0 Å². The number of hydrogen-bond acceptors (Lipinski definition) is 5. The van der Waals surface area contributed by atoms with E-state index in [1.807, 2.05) is 13.0 Å².